The van der Waals surface area contributed by atoms with Crippen molar-refractivity contribution < 1.29 is 21.6 Å². The summed E-state index contributed by atoms with van der Waals surface area (Å²) in [5.41, 5.74) is 0.741. The molecular weight excluding hydrogens is 521 g/mol. The molecular formula is C28H30ClF3N2O2S. The minimum absolute atomic E-state index is 0.124. The standard InChI is InChI=1S/C28H30ClF3N2O2S/c1-20(26-13-9-23(30)18-21(26)6-5-17-33-15-3-2-4-16-33)34(28-19-24(31)10-14-27(28)32)37(35,36)25-11-7-22(29)8-12-25/h7-14,18-20H,2-6,15-17H2,1H3/t20-/m1/s1. The molecule has 1 atom stereocenters. The zero-order valence-electron chi connectivity index (χ0n) is 20.6. The average molecular weight is 551 g/mol. The molecule has 3 aromatic carbocycles. The number of piperidine rings is 1. The van der Waals surface area contributed by atoms with Crippen molar-refractivity contribution in [2.75, 3.05) is 23.9 Å². The maximum Gasteiger partial charge on any atom is 0.264 e. The Bertz CT molecular complexity index is 1330. The summed E-state index contributed by atoms with van der Waals surface area (Å²) >= 11 is 5.95. The molecule has 1 aliphatic rings. The molecule has 37 heavy (non-hydrogen) atoms. The van der Waals surface area contributed by atoms with E-state index in [1.165, 1.54) is 61.7 Å². The lowest BCUT2D eigenvalue weighted by molar-refractivity contribution is 0.226. The van der Waals surface area contributed by atoms with Crippen LogP contribution in [-0.2, 0) is 16.4 Å². The number of anilines is 1. The molecule has 4 rings (SSSR count). The van der Waals surface area contributed by atoms with Gasteiger partial charge in [-0.05, 0) is 112 Å². The maximum atomic E-state index is 15.0. The summed E-state index contributed by atoms with van der Waals surface area (Å²) in [4.78, 5) is 2.26. The molecule has 3 aromatic rings. The number of nitrogens with zero attached hydrogens (tertiary/aromatic N) is 2. The number of benzene rings is 3. The van der Waals surface area contributed by atoms with E-state index >= 15 is 4.39 Å². The molecule has 0 saturated carbocycles. The molecule has 1 fully saturated rings. The van der Waals surface area contributed by atoms with E-state index in [2.05, 4.69) is 4.90 Å². The van der Waals surface area contributed by atoms with Gasteiger partial charge in [0.15, 0.2) is 0 Å². The Labute approximate surface area is 221 Å². The van der Waals surface area contributed by atoms with Crippen molar-refractivity contribution in [1.82, 2.24) is 4.90 Å². The van der Waals surface area contributed by atoms with Crippen molar-refractivity contribution in [1.29, 1.82) is 0 Å². The molecule has 0 unspecified atom stereocenters. The number of hydrogen-bond acceptors (Lipinski definition) is 3. The predicted molar refractivity (Wildman–Crippen MR) is 141 cm³/mol. The van der Waals surface area contributed by atoms with E-state index in [0.29, 0.717) is 22.6 Å². The number of sulfonamides is 1. The van der Waals surface area contributed by atoms with Gasteiger partial charge >= 0.3 is 0 Å². The van der Waals surface area contributed by atoms with Crippen LogP contribution in [0.1, 0.15) is 49.8 Å². The van der Waals surface area contributed by atoms with E-state index in [9.17, 15) is 17.2 Å². The maximum absolute atomic E-state index is 15.0. The van der Waals surface area contributed by atoms with Crippen LogP contribution >= 0.6 is 11.6 Å². The summed E-state index contributed by atoms with van der Waals surface area (Å²) in [6, 6.07) is 11.4. The van der Waals surface area contributed by atoms with E-state index < -0.39 is 39.2 Å². The van der Waals surface area contributed by atoms with Gasteiger partial charge in [-0.2, -0.15) is 0 Å². The summed E-state index contributed by atoms with van der Waals surface area (Å²) in [6.45, 7) is 4.53. The molecule has 0 aromatic heterocycles. The SMILES string of the molecule is C[C@H](c1ccc(F)cc1CCCN1CCCCC1)N(c1cc(F)ccc1F)S(=O)(=O)c1ccc(Cl)cc1. The third-order valence-corrected chi connectivity index (χ3v) is 8.94. The van der Waals surface area contributed by atoms with Crippen molar-refractivity contribution in [2.24, 2.45) is 0 Å². The Kier molecular flexibility index (Phi) is 8.82. The van der Waals surface area contributed by atoms with Gasteiger partial charge in [-0.1, -0.05) is 24.1 Å². The second-order valence-corrected chi connectivity index (χ2v) is 11.6. The lowest BCUT2D eigenvalue weighted by Crippen LogP contribution is -2.35. The van der Waals surface area contributed by atoms with Gasteiger partial charge in [0.2, 0.25) is 0 Å². The highest BCUT2D eigenvalue weighted by atomic mass is 35.5. The summed E-state index contributed by atoms with van der Waals surface area (Å²) in [6.07, 6.45) is 4.85. The zero-order valence-corrected chi connectivity index (χ0v) is 22.2. The highest BCUT2D eigenvalue weighted by Crippen LogP contribution is 2.37. The minimum atomic E-state index is -4.36. The molecule has 1 aliphatic heterocycles. The largest absolute Gasteiger partial charge is 0.303 e. The fraction of sp³-hybridized carbons (Fsp3) is 0.357. The summed E-state index contributed by atoms with van der Waals surface area (Å²) in [5.74, 6) is -2.10. The lowest BCUT2D eigenvalue weighted by atomic mass is 9.97. The monoisotopic (exact) mass is 550 g/mol. The molecule has 0 radical (unpaired) electrons. The lowest BCUT2D eigenvalue weighted by Gasteiger charge is -2.32. The van der Waals surface area contributed by atoms with Crippen molar-refractivity contribution in [3.8, 4) is 0 Å². The van der Waals surface area contributed by atoms with Gasteiger partial charge in [-0.3, -0.25) is 4.31 Å². The van der Waals surface area contributed by atoms with E-state index in [0.717, 1.165) is 48.6 Å². The molecule has 9 heteroatoms. The van der Waals surface area contributed by atoms with Gasteiger partial charge < -0.3 is 4.90 Å². The van der Waals surface area contributed by atoms with E-state index in [4.69, 9.17) is 11.6 Å². The van der Waals surface area contributed by atoms with Crippen LogP contribution in [0.3, 0.4) is 0 Å². The second kappa shape index (κ2) is 11.9. The van der Waals surface area contributed by atoms with Crippen LogP contribution in [0.2, 0.25) is 5.02 Å². The smallest absolute Gasteiger partial charge is 0.264 e. The Morgan fingerprint density at radius 3 is 2.27 bits per heavy atom. The molecule has 0 aliphatic carbocycles. The second-order valence-electron chi connectivity index (χ2n) is 9.38. The molecule has 1 heterocycles. The molecule has 0 bridgehead atoms. The Morgan fingerprint density at radius 1 is 0.919 bits per heavy atom. The van der Waals surface area contributed by atoms with Gasteiger partial charge in [0.25, 0.3) is 10.0 Å². The highest BCUT2D eigenvalue weighted by molar-refractivity contribution is 7.92. The summed E-state index contributed by atoms with van der Waals surface area (Å²) < 4.78 is 72.1. The minimum Gasteiger partial charge on any atom is -0.303 e. The summed E-state index contributed by atoms with van der Waals surface area (Å²) in [7, 11) is -4.36. The quantitative estimate of drug-likeness (QED) is 0.284. The predicted octanol–water partition coefficient (Wildman–Crippen LogP) is 7.13. The first-order chi connectivity index (χ1) is 17.7. The fourth-order valence-electron chi connectivity index (χ4n) is 4.92. The summed E-state index contributed by atoms with van der Waals surface area (Å²) in [5, 5.41) is 0.338. The van der Waals surface area contributed by atoms with Gasteiger partial charge in [0.05, 0.1) is 16.6 Å². The van der Waals surface area contributed by atoms with Crippen molar-refractivity contribution in [3.05, 3.63) is 94.3 Å². The van der Waals surface area contributed by atoms with Crippen molar-refractivity contribution >= 4 is 27.3 Å². The van der Waals surface area contributed by atoms with Crippen molar-refractivity contribution in [3.63, 3.8) is 0 Å². The normalized spacial score (nSPS) is 15.5. The molecule has 1 saturated heterocycles. The van der Waals surface area contributed by atoms with Crippen LogP contribution in [0.4, 0.5) is 18.9 Å². The topological polar surface area (TPSA) is 40.6 Å². The van der Waals surface area contributed by atoms with Gasteiger partial charge in [-0.25, -0.2) is 21.6 Å². The van der Waals surface area contributed by atoms with Gasteiger partial charge in [-0.15, -0.1) is 0 Å². The van der Waals surface area contributed by atoms with Gasteiger partial charge in [0.1, 0.15) is 17.5 Å². The van der Waals surface area contributed by atoms with Gasteiger partial charge in [0, 0.05) is 11.1 Å². The van der Waals surface area contributed by atoms with E-state index in [1.54, 1.807) is 6.92 Å². The van der Waals surface area contributed by atoms with E-state index in [1.807, 2.05) is 0 Å². The Hall–Kier alpha value is -2.55. The fourth-order valence-corrected chi connectivity index (χ4v) is 6.68. The number of aryl methyl sites for hydroxylation is 1. The first kappa shape index (κ1) is 27.5. The first-order valence-corrected chi connectivity index (χ1v) is 14.2. The molecule has 0 N–H and O–H groups in total. The zero-order chi connectivity index (χ0) is 26.6. The Balaban J connectivity index is 1.73. The molecule has 0 spiro atoms. The van der Waals surface area contributed by atoms with Crippen LogP contribution in [0.5, 0.6) is 0 Å². The van der Waals surface area contributed by atoms with Crippen LogP contribution in [0.25, 0.3) is 0 Å². The first-order valence-electron chi connectivity index (χ1n) is 12.4. The van der Waals surface area contributed by atoms with Crippen molar-refractivity contribution in [2.45, 2.75) is 50.0 Å². The number of rotatable bonds is 9. The van der Waals surface area contributed by atoms with Crippen LogP contribution in [-0.4, -0.2) is 33.0 Å². The van der Waals surface area contributed by atoms with Crippen LogP contribution in [0, 0.1) is 17.5 Å². The molecule has 0 amide bonds. The molecule has 4 nitrogen and oxygen atoms in total. The highest BCUT2D eigenvalue weighted by Gasteiger charge is 2.33. The molecule has 198 valence electrons. The third kappa shape index (κ3) is 6.48. The average Bonchev–Trinajstić information content (AvgIpc) is 2.87. The number of likely N-dealkylation sites (tertiary alicyclic amines) is 1. The van der Waals surface area contributed by atoms with Crippen LogP contribution in [0.15, 0.2) is 65.6 Å². The number of hydrogen-bond donors (Lipinski definition) is 0. The van der Waals surface area contributed by atoms with Crippen LogP contribution < -0.4 is 4.31 Å². The Morgan fingerprint density at radius 2 is 1.57 bits per heavy atom. The van der Waals surface area contributed by atoms with E-state index in [-0.39, 0.29) is 4.90 Å². The third-order valence-electron chi connectivity index (χ3n) is 6.79. The number of halogens is 4.